The van der Waals surface area contributed by atoms with Gasteiger partial charge in [-0.15, -0.1) is 0 Å². The molecular formula is C19H25N3O3S. The zero-order valence-electron chi connectivity index (χ0n) is 15.5. The number of nitrogens with zero attached hydrogens (tertiary/aromatic N) is 1. The Morgan fingerprint density at radius 2 is 1.88 bits per heavy atom. The van der Waals surface area contributed by atoms with Crippen LogP contribution < -0.4 is 10.9 Å². The molecule has 0 bridgehead atoms. The highest BCUT2D eigenvalue weighted by Gasteiger charge is 2.13. The Balaban J connectivity index is 1.95. The number of aromatic nitrogens is 2. The predicted octanol–water partition coefficient (Wildman–Crippen LogP) is 3.53. The van der Waals surface area contributed by atoms with Crippen molar-refractivity contribution < 1.29 is 9.90 Å². The predicted molar refractivity (Wildman–Crippen MR) is 105 cm³/mol. The molecule has 0 aliphatic heterocycles. The number of carbonyl (C=O) groups excluding carboxylic acids is 1. The summed E-state index contributed by atoms with van der Waals surface area (Å²) in [6.45, 7) is 8.14. The van der Waals surface area contributed by atoms with E-state index in [9.17, 15) is 14.7 Å². The van der Waals surface area contributed by atoms with Crippen LogP contribution in [0.4, 0.5) is 5.69 Å². The van der Waals surface area contributed by atoms with Gasteiger partial charge in [0.1, 0.15) is 0 Å². The molecule has 0 aliphatic carbocycles. The van der Waals surface area contributed by atoms with E-state index in [0.29, 0.717) is 12.3 Å². The van der Waals surface area contributed by atoms with Gasteiger partial charge in [-0.1, -0.05) is 51.6 Å². The third-order valence-corrected chi connectivity index (χ3v) is 4.66. The number of anilines is 1. The van der Waals surface area contributed by atoms with Crippen LogP contribution in [0.25, 0.3) is 0 Å². The fourth-order valence-corrected chi connectivity index (χ4v) is 3.06. The first kappa shape index (κ1) is 20.0. The topological polar surface area (TPSA) is 95.1 Å². The fraction of sp³-hybridized carbons (Fsp3) is 0.421. The lowest BCUT2D eigenvalue weighted by Gasteiger charge is -2.09. The SMILES string of the molecule is CC(C)Cc1c(O)nc(SCC(=O)Nc2ccc(C(C)C)cc2)[nH]c1=O. The van der Waals surface area contributed by atoms with Gasteiger partial charge in [0.25, 0.3) is 5.56 Å². The number of hydrogen-bond acceptors (Lipinski definition) is 5. The summed E-state index contributed by atoms with van der Waals surface area (Å²) in [5, 5.41) is 13.0. The van der Waals surface area contributed by atoms with Crippen LogP contribution in [0.15, 0.2) is 34.2 Å². The Bertz CT molecular complexity index is 814. The van der Waals surface area contributed by atoms with Gasteiger partial charge in [-0.25, -0.2) is 0 Å². The molecule has 0 unspecified atom stereocenters. The molecule has 0 aliphatic rings. The van der Waals surface area contributed by atoms with Gasteiger partial charge in [0, 0.05) is 5.69 Å². The monoisotopic (exact) mass is 375 g/mol. The van der Waals surface area contributed by atoms with Crippen molar-refractivity contribution in [2.24, 2.45) is 5.92 Å². The molecule has 1 aromatic heterocycles. The van der Waals surface area contributed by atoms with E-state index in [0.717, 1.165) is 17.4 Å². The number of H-pyrrole nitrogens is 1. The van der Waals surface area contributed by atoms with Crippen molar-refractivity contribution in [1.82, 2.24) is 9.97 Å². The average Bonchev–Trinajstić information content (AvgIpc) is 2.56. The van der Waals surface area contributed by atoms with Gasteiger partial charge in [0.2, 0.25) is 11.8 Å². The summed E-state index contributed by atoms with van der Waals surface area (Å²) < 4.78 is 0. The van der Waals surface area contributed by atoms with E-state index in [1.54, 1.807) is 0 Å². The van der Waals surface area contributed by atoms with Gasteiger partial charge in [-0.2, -0.15) is 4.98 Å². The summed E-state index contributed by atoms with van der Waals surface area (Å²) in [5.41, 5.74) is 1.84. The van der Waals surface area contributed by atoms with Crippen LogP contribution in [0.3, 0.4) is 0 Å². The van der Waals surface area contributed by atoms with E-state index >= 15 is 0 Å². The lowest BCUT2D eigenvalue weighted by molar-refractivity contribution is -0.113. The highest BCUT2D eigenvalue weighted by atomic mass is 32.2. The molecule has 7 heteroatoms. The highest BCUT2D eigenvalue weighted by Crippen LogP contribution is 2.20. The third-order valence-electron chi connectivity index (χ3n) is 3.79. The summed E-state index contributed by atoms with van der Waals surface area (Å²) in [7, 11) is 0. The number of rotatable bonds is 7. The maximum atomic E-state index is 12.1. The number of aromatic amines is 1. The summed E-state index contributed by atoms with van der Waals surface area (Å²) in [4.78, 5) is 30.7. The molecule has 0 fully saturated rings. The maximum absolute atomic E-state index is 12.1. The Hall–Kier alpha value is -2.28. The third kappa shape index (κ3) is 5.62. The molecule has 1 heterocycles. The van der Waals surface area contributed by atoms with E-state index in [4.69, 9.17) is 0 Å². The molecule has 140 valence electrons. The van der Waals surface area contributed by atoms with Gasteiger partial charge < -0.3 is 15.4 Å². The molecule has 0 saturated heterocycles. The molecule has 2 aromatic rings. The van der Waals surface area contributed by atoms with Crippen molar-refractivity contribution in [1.29, 1.82) is 0 Å². The Kier molecular flexibility index (Phi) is 6.85. The lowest BCUT2D eigenvalue weighted by Crippen LogP contribution is -2.18. The van der Waals surface area contributed by atoms with E-state index in [1.165, 1.54) is 5.56 Å². The highest BCUT2D eigenvalue weighted by molar-refractivity contribution is 7.99. The minimum absolute atomic E-state index is 0.0812. The summed E-state index contributed by atoms with van der Waals surface area (Å²) in [5.74, 6) is 0.271. The van der Waals surface area contributed by atoms with Crippen LogP contribution in [0.2, 0.25) is 0 Å². The normalized spacial score (nSPS) is 11.2. The Morgan fingerprint density at radius 3 is 2.42 bits per heavy atom. The van der Waals surface area contributed by atoms with E-state index in [-0.39, 0.29) is 39.7 Å². The number of hydrogen-bond donors (Lipinski definition) is 3. The smallest absolute Gasteiger partial charge is 0.258 e. The van der Waals surface area contributed by atoms with Gasteiger partial charge in [-0.3, -0.25) is 9.59 Å². The first-order valence-corrected chi connectivity index (χ1v) is 9.59. The van der Waals surface area contributed by atoms with Crippen molar-refractivity contribution >= 4 is 23.4 Å². The molecule has 26 heavy (non-hydrogen) atoms. The second-order valence-electron chi connectivity index (χ2n) is 6.88. The Labute approximate surface area is 157 Å². The van der Waals surface area contributed by atoms with Crippen LogP contribution in [-0.2, 0) is 11.2 Å². The van der Waals surface area contributed by atoms with Crippen LogP contribution in [0.1, 0.15) is 44.7 Å². The second kappa shape index (κ2) is 8.89. The molecule has 0 spiro atoms. The fourth-order valence-electron chi connectivity index (χ4n) is 2.41. The van der Waals surface area contributed by atoms with E-state index in [1.807, 2.05) is 38.1 Å². The molecule has 3 N–H and O–H groups in total. The molecule has 0 radical (unpaired) electrons. The zero-order chi connectivity index (χ0) is 19.3. The van der Waals surface area contributed by atoms with Crippen LogP contribution >= 0.6 is 11.8 Å². The van der Waals surface area contributed by atoms with Crippen LogP contribution in [-0.4, -0.2) is 26.7 Å². The van der Waals surface area contributed by atoms with Gasteiger partial charge in [0.05, 0.1) is 11.3 Å². The van der Waals surface area contributed by atoms with Crippen LogP contribution in [0.5, 0.6) is 5.88 Å². The number of aromatic hydroxyl groups is 1. The lowest BCUT2D eigenvalue weighted by atomic mass is 10.0. The zero-order valence-corrected chi connectivity index (χ0v) is 16.3. The molecule has 2 rings (SSSR count). The quantitative estimate of drug-likeness (QED) is 0.508. The molecular weight excluding hydrogens is 350 g/mol. The van der Waals surface area contributed by atoms with Crippen molar-refractivity contribution in [3.05, 3.63) is 45.7 Å². The number of carbonyl (C=O) groups is 1. The molecule has 0 saturated carbocycles. The number of nitrogens with one attached hydrogen (secondary N) is 2. The van der Waals surface area contributed by atoms with E-state index in [2.05, 4.69) is 29.1 Å². The summed E-state index contributed by atoms with van der Waals surface area (Å²) >= 11 is 1.07. The van der Waals surface area contributed by atoms with Crippen molar-refractivity contribution in [3.8, 4) is 5.88 Å². The largest absolute Gasteiger partial charge is 0.493 e. The van der Waals surface area contributed by atoms with E-state index < -0.39 is 0 Å². The van der Waals surface area contributed by atoms with Gasteiger partial charge in [0.15, 0.2) is 5.16 Å². The molecule has 1 aromatic carbocycles. The van der Waals surface area contributed by atoms with Crippen LogP contribution in [0, 0.1) is 5.92 Å². The Morgan fingerprint density at radius 1 is 1.23 bits per heavy atom. The number of thioether (sulfide) groups is 1. The van der Waals surface area contributed by atoms with Crippen molar-refractivity contribution in [2.45, 2.75) is 45.2 Å². The summed E-state index contributed by atoms with van der Waals surface area (Å²) in [6, 6.07) is 7.70. The van der Waals surface area contributed by atoms with Crippen molar-refractivity contribution in [3.63, 3.8) is 0 Å². The second-order valence-corrected chi connectivity index (χ2v) is 7.85. The average molecular weight is 375 g/mol. The molecule has 0 atom stereocenters. The minimum atomic E-state index is -0.363. The minimum Gasteiger partial charge on any atom is -0.493 e. The van der Waals surface area contributed by atoms with Gasteiger partial charge in [-0.05, 0) is 36.0 Å². The number of amides is 1. The summed E-state index contributed by atoms with van der Waals surface area (Å²) in [6.07, 6.45) is 0.450. The standard InChI is InChI=1S/C19H25N3O3S/c1-11(2)9-15-17(24)21-19(22-18(15)25)26-10-16(23)20-14-7-5-13(6-8-14)12(3)4/h5-8,11-12H,9-10H2,1-4H3,(H,20,23)(H2,21,22,24,25). The van der Waals surface area contributed by atoms with Gasteiger partial charge >= 0.3 is 0 Å². The first-order valence-electron chi connectivity index (χ1n) is 8.61. The molecule has 6 nitrogen and oxygen atoms in total. The molecule has 1 amide bonds. The van der Waals surface area contributed by atoms with Crippen molar-refractivity contribution in [2.75, 3.05) is 11.1 Å². The maximum Gasteiger partial charge on any atom is 0.258 e. The first-order chi connectivity index (χ1) is 12.3. The number of benzene rings is 1.